The minimum Gasteiger partial charge on any atom is -0.338 e. The van der Waals surface area contributed by atoms with Gasteiger partial charge in [-0.2, -0.15) is 5.10 Å². The van der Waals surface area contributed by atoms with Crippen LogP contribution in [0.3, 0.4) is 0 Å². The molecule has 0 saturated carbocycles. The molecule has 152 valence electrons. The normalized spacial score (nSPS) is 16.7. The van der Waals surface area contributed by atoms with Gasteiger partial charge in [-0.1, -0.05) is 12.1 Å². The minimum absolute atomic E-state index is 0.0262. The highest BCUT2D eigenvalue weighted by Crippen LogP contribution is 2.11. The van der Waals surface area contributed by atoms with Crippen LogP contribution in [-0.2, 0) is 6.54 Å². The molecule has 0 bridgehead atoms. The van der Waals surface area contributed by atoms with Gasteiger partial charge in [-0.15, -0.1) is 0 Å². The summed E-state index contributed by atoms with van der Waals surface area (Å²) in [5.41, 5.74) is 2.11. The van der Waals surface area contributed by atoms with E-state index in [0.717, 1.165) is 43.9 Å². The summed E-state index contributed by atoms with van der Waals surface area (Å²) in [6.45, 7) is 8.01. The van der Waals surface area contributed by atoms with E-state index in [0.29, 0.717) is 19.1 Å². The molecule has 1 N–H and O–H groups in total. The molecule has 2 aromatic rings. The summed E-state index contributed by atoms with van der Waals surface area (Å²) in [4.78, 5) is 19.0. The third-order valence-electron chi connectivity index (χ3n) is 5.47. The molecule has 2 heterocycles. The molecule has 1 aromatic carbocycles. The van der Waals surface area contributed by atoms with Crippen molar-refractivity contribution in [2.75, 3.05) is 46.8 Å². The average molecular weight is 385 g/mol. The predicted octanol–water partition coefficient (Wildman–Crippen LogP) is 2.04. The van der Waals surface area contributed by atoms with E-state index in [-0.39, 0.29) is 6.03 Å². The summed E-state index contributed by atoms with van der Waals surface area (Å²) in [6.07, 6.45) is 4.65. The van der Waals surface area contributed by atoms with E-state index in [1.54, 1.807) is 11.1 Å². The van der Waals surface area contributed by atoms with Crippen LogP contribution < -0.4 is 5.32 Å². The number of benzene rings is 1. The number of amides is 2. The van der Waals surface area contributed by atoms with Crippen molar-refractivity contribution in [2.45, 2.75) is 25.9 Å². The van der Waals surface area contributed by atoms with Crippen molar-refractivity contribution in [3.63, 3.8) is 0 Å². The van der Waals surface area contributed by atoms with Crippen LogP contribution in [0.15, 0.2) is 42.7 Å². The molecule has 7 nitrogen and oxygen atoms in total. The number of nitrogens with one attached hydrogen (secondary N) is 1. The number of carbonyl (C=O) groups excluding carboxylic acids is 1. The Hall–Kier alpha value is -2.38. The molecule has 7 heteroatoms. The Morgan fingerprint density at radius 3 is 2.57 bits per heavy atom. The molecular weight excluding hydrogens is 352 g/mol. The van der Waals surface area contributed by atoms with Crippen molar-refractivity contribution < 1.29 is 4.79 Å². The molecule has 28 heavy (non-hydrogen) atoms. The molecular formula is C21H32N6O. The number of aromatic nitrogens is 2. The lowest BCUT2D eigenvalue weighted by atomic mass is 10.1. The number of piperazine rings is 1. The number of hydrogen-bond donors (Lipinski definition) is 1. The summed E-state index contributed by atoms with van der Waals surface area (Å²) in [5.74, 6) is 0. The minimum atomic E-state index is -0.0262. The first-order valence-electron chi connectivity index (χ1n) is 10.0. The van der Waals surface area contributed by atoms with E-state index in [4.69, 9.17) is 0 Å². The second-order valence-electron chi connectivity index (χ2n) is 7.68. The largest absolute Gasteiger partial charge is 0.338 e. The second-order valence-corrected chi connectivity index (χ2v) is 7.68. The molecule has 1 atom stereocenters. The number of carbonyl (C=O) groups is 1. The van der Waals surface area contributed by atoms with Crippen LogP contribution >= 0.6 is 0 Å². The maximum absolute atomic E-state index is 12.4. The van der Waals surface area contributed by atoms with Gasteiger partial charge in [0, 0.05) is 64.8 Å². The SMILES string of the molecule is CC(CCNC(=O)N(C)Cc1ccc(-n2cccn2)cc1)N1CCN(C)CC1. The lowest BCUT2D eigenvalue weighted by Gasteiger charge is -2.36. The molecule has 0 spiro atoms. The van der Waals surface area contributed by atoms with Crippen molar-refractivity contribution in [1.82, 2.24) is 29.8 Å². The number of likely N-dealkylation sites (N-methyl/N-ethyl adjacent to an activating group) is 1. The van der Waals surface area contributed by atoms with E-state index < -0.39 is 0 Å². The number of urea groups is 1. The Labute approximate surface area is 167 Å². The summed E-state index contributed by atoms with van der Waals surface area (Å²) in [7, 11) is 4.00. The van der Waals surface area contributed by atoms with Gasteiger partial charge in [0.05, 0.1) is 5.69 Å². The summed E-state index contributed by atoms with van der Waals surface area (Å²) in [6, 6.07) is 10.5. The van der Waals surface area contributed by atoms with Crippen LogP contribution in [0.4, 0.5) is 4.79 Å². The zero-order valence-corrected chi connectivity index (χ0v) is 17.2. The van der Waals surface area contributed by atoms with Crippen molar-refractivity contribution >= 4 is 6.03 Å². The first-order valence-corrected chi connectivity index (χ1v) is 10.0. The average Bonchev–Trinajstić information content (AvgIpc) is 3.23. The fourth-order valence-corrected chi connectivity index (χ4v) is 3.49. The van der Waals surface area contributed by atoms with Crippen LogP contribution in [-0.4, -0.2) is 83.4 Å². The van der Waals surface area contributed by atoms with Gasteiger partial charge in [0.25, 0.3) is 0 Å². The molecule has 1 unspecified atom stereocenters. The van der Waals surface area contributed by atoms with Crippen LogP contribution in [0.5, 0.6) is 0 Å². The van der Waals surface area contributed by atoms with Crippen LogP contribution in [0.25, 0.3) is 5.69 Å². The molecule has 1 aliphatic heterocycles. The van der Waals surface area contributed by atoms with E-state index in [2.05, 4.69) is 34.2 Å². The Balaban J connectivity index is 1.39. The predicted molar refractivity (Wildman–Crippen MR) is 112 cm³/mol. The Kier molecular flexibility index (Phi) is 7.06. The monoisotopic (exact) mass is 384 g/mol. The maximum atomic E-state index is 12.4. The fraction of sp³-hybridized carbons (Fsp3) is 0.524. The summed E-state index contributed by atoms with van der Waals surface area (Å²) >= 11 is 0. The van der Waals surface area contributed by atoms with Crippen LogP contribution in [0, 0.1) is 0 Å². The van der Waals surface area contributed by atoms with Gasteiger partial charge >= 0.3 is 6.03 Å². The smallest absolute Gasteiger partial charge is 0.317 e. The number of rotatable bonds is 7. The molecule has 1 aromatic heterocycles. The molecule has 0 aliphatic carbocycles. The van der Waals surface area contributed by atoms with Crippen molar-refractivity contribution in [3.05, 3.63) is 48.3 Å². The highest BCUT2D eigenvalue weighted by atomic mass is 16.2. The fourth-order valence-electron chi connectivity index (χ4n) is 3.49. The lowest BCUT2D eigenvalue weighted by Crippen LogP contribution is -2.49. The third kappa shape index (κ3) is 5.56. The van der Waals surface area contributed by atoms with E-state index in [9.17, 15) is 4.79 Å². The molecule has 3 rings (SSSR count). The maximum Gasteiger partial charge on any atom is 0.317 e. The quantitative estimate of drug-likeness (QED) is 0.794. The van der Waals surface area contributed by atoms with Crippen LogP contribution in [0.1, 0.15) is 18.9 Å². The Bertz CT molecular complexity index is 722. The highest BCUT2D eigenvalue weighted by Gasteiger charge is 2.19. The van der Waals surface area contributed by atoms with E-state index in [1.807, 2.05) is 48.3 Å². The van der Waals surface area contributed by atoms with Crippen molar-refractivity contribution in [1.29, 1.82) is 0 Å². The highest BCUT2D eigenvalue weighted by molar-refractivity contribution is 5.73. The van der Waals surface area contributed by atoms with Gasteiger partial charge < -0.3 is 15.1 Å². The van der Waals surface area contributed by atoms with Gasteiger partial charge in [0.1, 0.15) is 0 Å². The molecule has 1 aliphatic rings. The summed E-state index contributed by atoms with van der Waals surface area (Å²) in [5, 5.41) is 7.28. The summed E-state index contributed by atoms with van der Waals surface area (Å²) < 4.78 is 1.82. The zero-order chi connectivity index (χ0) is 19.9. The van der Waals surface area contributed by atoms with Crippen molar-refractivity contribution in [2.24, 2.45) is 0 Å². The van der Waals surface area contributed by atoms with E-state index >= 15 is 0 Å². The number of hydrogen-bond acceptors (Lipinski definition) is 4. The van der Waals surface area contributed by atoms with Crippen LogP contribution in [0.2, 0.25) is 0 Å². The van der Waals surface area contributed by atoms with Gasteiger partial charge in [-0.25, -0.2) is 9.48 Å². The topological polar surface area (TPSA) is 56.6 Å². The van der Waals surface area contributed by atoms with Gasteiger partial charge in [0.15, 0.2) is 0 Å². The molecule has 0 radical (unpaired) electrons. The second kappa shape index (κ2) is 9.71. The van der Waals surface area contributed by atoms with E-state index in [1.165, 1.54) is 0 Å². The molecule has 1 fully saturated rings. The third-order valence-corrected chi connectivity index (χ3v) is 5.47. The first kappa shape index (κ1) is 20.4. The molecule has 1 saturated heterocycles. The Morgan fingerprint density at radius 1 is 1.21 bits per heavy atom. The lowest BCUT2D eigenvalue weighted by molar-refractivity contribution is 0.114. The van der Waals surface area contributed by atoms with Gasteiger partial charge in [-0.05, 0) is 44.2 Å². The first-order chi connectivity index (χ1) is 13.5. The van der Waals surface area contributed by atoms with Gasteiger partial charge in [-0.3, -0.25) is 4.90 Å². The standard InChI is InChI=1S/C21H32N6O/c1-18(26-15-13-24(2)14-16-26)9-11-22-21(28)25(3)17-19-5-7-20(8-6-19)27-12-4-10-23-27/h4-8,10,12,18H,9,11,13-17H2,1-3H3,(H,22,28). The van der Waals surface area contributed by atoms with Gasteiger partial charge in [0.2, 0.25) is 0 Å². The Morgan fingerprint density at radius 2 is 1.93 bits per heavy atom. The zero-order valence-electron chi connectivity index (χ0n) is 17.2. The number of nitrogens with zero attached hydrogens (tertiary/aromatic N) is 5. The van der Waals surface area contributed by atoms with Crippen molar-refractivity contribution in [3.8, 4) is 5.69 Å². The molecule has 2 amide bonds.